The SMILES string of the molecule is Cc1cc(OC2CCCC(C)C2)ccc1C#N. The van der Waals surface area contributed by atoms with Gasteiger partial charge in [0.05, 0.1) is 17.7 Å². The first kappa shape index (κ1) is 12.0. The molecule has 0 aromatic heterocycles. The van der Waals surface area contributed by atoms with Crippen LogP contribution in [0.4, 0.5) is 0 Å². The van der Waals surface area contributed by atoms with Gasteiger partial charge >= 0.3 is 0 Å². The van der Waals surface area contributed by atoms with Gasteiger partial charge in [0, 0.05) is 0 Å². The molecule has 0 saturated heterocycles. The largest absolute Gasteiger partial charge is 0.490 e. The van der Waals surface area contributed by atoms with Crippen molar-refractivity contribution < 1.29 is 4.74 Å². The topological polar surface area (TPSA) is 33.0 Å². The molecule has 0 N–H and O–H groups in total. The van der Waals surface area contributed by atoms with Crippen LogP contribution < -0.4 is 4.74 Å². The Morgan fingerprint density at radius 2 is 2.18 bits per heavy atom. The smallest absolute Gasteiger partial charge is 0.120 e. The quantitative estimate of drug-likeness (QED) is 0.772. The van der Waals surface area contributed by atoms with Crippen LogP contribution in [0.2, 0.25) is 0 Å². The minimum absolute atomic E-state index is 0.353. The maximum atomic E-state index is 8.87. The molecule has 0 spiro atoms. The second kappa shape index (κ2) is 5.23. The summed E-state index contributed by atoms with van der Waals surface area (Å²) in [6, 6.07) is 7.90. The lowest BCUT2D eigenvalue weighted by Crippen LogP contribution is -2.24. The first-order valence-corrected chi connectivity index (χ1v) is 6.36. The van der Waals surface area contributed by atoms with Gasteiger partial charge in [-0.15, -0.1) is 0 Å². The Kier molecular flexibility index (Phi) is 3.68. The van der Waals surface area contributed by atoms with E-state index in [9.17, 15) is 0 Å². The van der Waals surface area contributed by atoms with Crippen LogP contribution in [0.15, 0.2) is 18.2 Å². The molecule has 1 aromatic rings. The Hall–Kier alpha value is -1.49. The molecular formula is C15H19NO. The molecule has 1 aromatic carbocycles. The molecule has 2 heteroatoms. The lowest BCUT2D eigenvalue weighted by Gasteiger charge is -2.27. The van der Waals surface area contributed by atoms with Gasteiger partial charge < -0.3 is 4.74 Å². The summed E-state index contributed by atoms with van der Waals surface area (Å²) in [5, 5.41) is 8.87. The van der Waals surface area contributed by atoms with Gasteiger partial charge in [0.15, 0.2) is 0 Å². The third kappa shape index (κ3) is 3.00. The highest BCUT2D eigenvalue weighted by molar-refractivity contribution is 5.41. The molecule has 1 fully saturated rings. The van der Waals surface area contributed by atoms with Crippen molar-refractivity contribution in [1.82, 2.24) is 0 Å². The Morgan fingerprint density at radius 3 is 2.82 bits per heavy atom. The van der Waals surface area contributed by atoms with E-state index < -0.39 is 0 Å². The molecule has 1 aliphatic carbocycles. The van der Waals surface area contributed by atoms with Crippen LogP contribution in [0.1, 0.15) is 43.7 Å². The fourth-order valence-corrected chi connectivity index (χ4v) is 2.51. The van der Waals surface area contributed by atoms with E-state index in [2.05, 4.69) is 13.0 Å². The molecule has 1 saturated carbocycles. The molecule has 0 amide bonds. The zero-order chi connectivity index (χ0) is 12.3. The van der Waals surface area contributed by atoms with E-state index in [0.29, 0.717) is 6.10 Å². The Balaban J connectivity index is 2.04. The Morgan fingerprint density at radius 1 is 1.35 bits per heavy atom. The average molecular weight is 229 g/mol. The minimum Gasteiger partial charge on any atom is -0.490 e. The fourth-order valence-electron chi connectivity index (χ4n) is 2.51. The fraction of sp³-hybridized carbons (Fsp3) is 0.533. The standard InChI is InChI=1S/C15H19NO/c1-11-4-3-5-14(8-11)17-15-7-6-13(10-16)12(2)9-15/h6-7,9,11,14H,3-5,8H2,1-2H3. The third-order valence-corrected chi connectivity index (χ3v) is 3.51. The van der Waals surface area contributed by atoms with Crippen LogP contribution in [-0.4, -0.2) is 6.10 Å². The van der Waals surface area contributed by atoms with E-state index in [0.717, 1.165) is 35.6 Å². The van der Waals surface area contributed by atoms with E-state index >= 15 is 0 Å². The highest BCUT2D eigenvalue weighted by Crippen LogP contribution is 2.28. The van der Waals surface area contributed by atoms with Gasteiger partial charge in [-0.1, -0.05) is 13.3 Å². The molecule has 2 unspecified atom stereocenters. The summed E-state index contributed by atoms with van der Waals surface area (Å²) >= 11 is 0. The summed E-state index contributed by atoms with van der Waals surface area (Å²) in [5.74, 6) is 1.67. The predicted octanol–water partition coefficient (Wildman–Crippen LogP) is 3.82. The van der Waals surface area contributed by atoms with Gasteiger partial charge in [0.2, 0.25) is 0 Å². The van der Waals surface area contributed by atoms with Crippen molar-refractivity contribution in [1.29, 1.82) is 5.26 Å². The lowest BCUT2D eigenvalue weighted by atomic mass is 9.89. The van der Waals surface area contributed by atoms with Crippen LogP contribution in [0, 0.1) is 24.2 Å². The van der Waals surface area contributed by atoms with E-state index in [4.69, 9.17) is 10.00 Å². The molecular weight excluding hydrogens is 210 g/mol. The second-order valence-electron chi connectivity index (χ2n) is 5.10. The molecule has 0 aliphatic heterocycles. The summed E-state index contributed by atoms with van der Waals surface area (Å²) in [6.45, 7) is 4.24. The zero-order valence-corrected chi connectivity index (χ0v) is 10.6. The summed E-state index contributed by atoms with van der Waals surface area (Å²) in [6.07, 6.45) is 5.25. The van der Waals surface area contributed by atoms with Crippen molar-refractivity contribution in [3.63, 3.8) is 0 Å². The van der Waals surface area contributed by atoms with Crippen LogP contribution in [0.3, 0.4) is 0 Å². The summed E-state index contributed by atoms with van der Waals surface area (Å²) < 4.78 is 6.00. The van der Waals surface area contributed by atoms with Crippen molar-refractivity contribution in [2.75, 3.05) is 0 Å². The summed E-state index contributed by atoms with van der Waals surface area (Å²) in [4.78, 5) is 0. The van der Waals surface area contributed by atoms with Crippen molar-refractivity contribution in [3.8, 4) is 11.8 Å². The lowest BCUT2D eigenvalue weighted by molar-refractivity contribution is 0.129. The molecule has 0 bridgehead atoms. The van der Waals surface area contributed by atoms with E-state index in [-0.39, 0.29) is 0 Å². The van der Waals surface area contributed by atoms with Crippen LogP contribution in [0.25, 0.3) is 0 Å². The molecule has 17 heavy (non-hydrogen) atoms. The molecule has 2 nitrogen and oxygen atoms in total. The minimum atomic E-state index is 0.353. The first-order chi connectivity index (χ1) is 8.19. The zero-order valence-electron chi connectivity index (χ0n) is 10.6. The van der Waals surface area contributed by atoms with Crippen molar-refractivity contribution in [2.24, 2.45) is 5.92 Å². The van der Waals surface area contributed by atoms with E-state index in [1.54, 1.807) is 0 Å². The molecule has 0 radical (unpaired) electrons. The molecule has 0 heterocycles. The highest BCUT2D eigenvalue weighted by Gasteiger charge is 2.20. The van der Waals surface area contributed by atoms with Gasteiger partial charge in [0.25, 0.3) is 0 Å². The third-order valence-electron chi connectivity index (χ3n) is 3.51. The number of hydrogen-bond donors (Lipinski definition) is 0. The number of benzene rings is 1. The highest BCUT2D eigenvalue weighted by atomic mass is 16.5. The average Bonchev–Trinajstić information content (AvgIpc) is 2.29. The van der Waals surface area contributed by atoms with Crippen LogP contribution >= 0.6 is 0 Å². The molecule has 1 aliphatic rings. The van der Waals surface area contributed by atoms with Crippen molar-refractivity contribution in [2.45, 2.75) is 45.6 Å². The Bertz CT molecular complexity index is 433. The molecule has 90 valence electrons. The van der Waals surface area contributed by atoms with Crippen LogP contribution in [0.5, 0.6) is 5.75 Å². The number of ether oxygens (including phenoxy) is 1. The maximum Gasteiger partial charge on any atom is 0.120 e. The van der Waals surface area contributed by atoms with Crippen LogP contribution in [-0.2, 0) is 0 Å². The monoisotopic (exact) mass is 229 g/mol. The Labute approximate surface area is 103 Å². The number of rotatable bonds is 2. The predicted molar refractivity (Wildman–Crippen MR) is 67.9 cm³/mol. The number of nitrogens with zero attached hydrogens (tertiary/aromatic N) is 1. The van der Waals surface area contributed by atoms with E-state index in [1.165, 1.54) is 12.8 Å². The van der Waals surface area contributed by atoms with Gasteiger partial charge in [-0.3, -0.25) is 0 Å². The van der Waals surface area contributed by atoms with Gasteiger partial charge in [-0.2, -0.15) is 5.26 Å². The van der Waals surface area contributed by atoms with Gasteiger partial charge in [-0.05, 0) is 55.9 Å². The maximum absolute atomic E-state index is 8.87. The number of nitriles is 1. The number of hydrogen-bond acceptors (Lipinski definition) is 2. The van der Waals surface area contributed by atoms with Crippen molar-refractivity contribution >= 4 is 0 Å². The van der Waals surface area contributed by atoms with E-state index in [1.807, 2.05) is 25.1 Å². The van der Waals surface area contributed by atoms with Gasteiger partial charge in [-0.25, -0.2) is 0 Å². The number of aryl methyl sites for hydroxylation is 1. The molecule has 2 rings (SSSR count). The summed E-state index contributed by atoms with van der Waals surface area (Å²) in [5.41, 5.74) is 1.73. The molecule has 2 atom stereocenters. The normalized spacial score (nSPS) is 24.1. The van der Waals surface area contributed by atoms with Crippen molar-refractivity contribution in [3.05, 3.63) is 29.3 Å². The second-order valence-corrected chi connectivity index (χ2v) is 5.10. The summed E-state index contributed by atoms with van der Waals surface area (Å²) in [7, 11) is 0. The first-order valence-electron chi connectivity index (χ1n) is 6.36. The van der Waals surface area contributed by atoms with Gasteiger partial charge in [0.1, 0.15) is 5.75 Å².